The Hall–Kier alpha value is -0.580. The zero-order valence-electron chi connectivity index (χ0n) is 12.1. The summed E-state index contributed by atoms with van der Waals surface area (Å²) < 4.78 is 4.90. The maximum atomic E-state index is 4.72. The van der Waals surface area contributed by atoms with Crippen molar-refractivity contribution >= 4 is 33.5 Å². The highest BCUT2D eigenvalue weighted by atomic mass is 32.2. The molecule has 0 spiro atoms. The SMILES string of the molecule is CCCN(Sc1nc2ccccc2s1)C(C)(C)CC. The number of para-hydroxylation sites is 1. The van der Waals surface area contributed by atoms with Gasteiger partial charge in [-0.15, -0.1) is 11.3 Å². The van der Waals surface area contributed by atoms with Gasteiger partial charge in [0, 0.05) is 12.1 Å². The Kier molecular flexibility index (Phi) is 4.87. The van der Waals surface area contributed by atoms with Crippen molar-refractivity contribution in [3.05, 3.63) is 24.3 Å². The number of nitrogens with zero attached hydrogens (tertiary/aromatic N) is 2. The van der Waals surface area contributed by atoms with E-state index in [4.69, 9.17) is 4.98 Å². The van der Waals surface area contributed by atoms with Gasteiger partial charge in [0.2, 0.25) is 0 Å². The summed E-state index contributed by atoms with van der Waals surface area (Å²) in [7, 11) is 0. The van der Waals surface area contributed by atoms with Crippen molar-refractivity contribution in [1.82, 2.24) is 9.29 Å². The molecule has 0 amide bonds. The second-order valence-corrected chi connectivity index (χ2v) is 7.61. The molecule has 0 aliphatic rings. The fourth-order valence-electron chi connectivity index (χ4n) is 1.84. The molecule has 0 unspecified atom stereocenters. The maximum Gasteiger partial charge on any atom is 0.166 e. The van der Waals surface area contributed by atoms with Crippen molar-refractivity contribution in [2.45, 2.75) is 50.4 Å². The molecule has 0 fully saturated rings. The summed E-state index contributed by atoms with van der Waals surface area (Å²) in [5.41, 5.74) is 1.32. The summed E-state index contributed by atoms with van der Waals surface area (Å²) >= 11 is 3.60. The van der Waals surface area contributed by atoms with E-state index < -0.39 is 0 Å². The van der Waals surface area contributed by atoms with Gasteiger partial charge in [0.05, 0.1) is 10.2 Å². The van der Waals surface area contributed by atoms with Gasteiger partial charge in [0.15, 0.2) is 4.34 Å². The molecule has 0 aliphatic carbocycles. The Balaban J connectivity index is 2.21. The minimum absolute atomic E-state index is 0.207. The lowest BCUT2D eigenvalue weighted by Crippen LogP contribution is -2.38. The first-order chi connectivity index (χ1) is 9.06. The van der Waals surface area contributed by atoms with Crippen LogP contribution >= 0.6 is 23.3 Å². The Morgan fingerprint density at radius 1 is 1.26 bits per heavy atom. The third kappa shape index (κ3) is 3.50. The molecule has 0 saturated heterocycles. The van der Waals surface area contributed by atoms with E-state index in [0.717, 1.165) is 22.8 Å². The summed E-state index contributed by atoms with van der Waals surface area (Å²) in [6, 6.07) is 8.36. The van der Waals surface area contributed by atoms with Crippen LogP contribution in [0.5, 0.6) is 0 Å². The van der Waals surface area contributed by atoms with Crippen molar-refractivity contribution in [1.29, 1.82) is 0 Å². The van der Waals surface area contributed by atoms with Crippen LogP contribution in [0.3, 0.4) is 0 Å². The molecule has 19 heavy (non-hydrogen) atoms. The van der Waals surface area contributed by atoms with Crippen molar-refractivity contribution in [3.63, 3.8) is 0 Å². The smallest absolute Gasteiger partial charge is 0.166 e. The molecule has 2 nitrogen and oxygen atoms in total. The van der Waals surface area contributed by atoms with Crippen molar-refractivity contribution < 1.29 is 0 Å². The number of hydrogen-bond acceptors (Lipinski definition) is 4. The molecule has 0 atom stereocenters. The maximum absolute atomic E-state index is 4.72. The van der Waals surface area contributed by atoms with Crippen LogP contribution in [-0.2, 0) is 0 Å². The lowest BCUT2D eigenvalue weighted by Gasteiger charge is -2.35. The summed E-state index contributed by atoms with van der Waals surface area (Å²) in [6.07, 6.45) is 2.31. The minimum atomic E-state index is 0.207. The molecule has 4 heteroatoms. The normalized spacial score (nSPS) is 12.5. The van der Waals surface area contributed by atoms with Gasteiger partial charge in [-0.1, -0.05) is 26.0 Å². The van der Waals surface area contributed by atoms with E-state index in [-0.39, 0.29) is 5.54 Å². The molecule has 104 valence electrons. The number of hydrogen-bond donors (Lipinski definition) is 0. The Morgan fingerprint density at radius 2 is 2.00 bits per heavy atom. The highest BCUT2D eigenvalue weighted by Crippen LogP contribution is 2.36. The lowest BCUT2D eigenvalue weighted by molar-refractivity contribution is 0.241. The average Bonchev–Trinajstić information content (AvgIpc) is 2.80. The van der Waals surface area contributed by atoms with E-state index in [2.05, 4.69) is 56.3 Å². The van der Waals surface area contributed by atoms with Gasteiger partial charge < -0.3 is 0 Å². The predicted octanol–water partition coefficient (Wildman–Crippen LogP) is 5.20. The molecular weight excluding hydrogens is 272 g/mol. The zero-order chi connectivity index (χ0) is 13.9. The highest BCUT2D eigenvalue weighted by Gasteiger charge is 2.26. The molecule has 1 aromatic heterocycles. The summed E-state index contributed by atoms with van der Waals surface area (Å²) in [5, 5.41) is 0. The van der Waals surface area contributed by atoms with Gasteiger partial charge in [-0.05, 0) is 50.8 Å². The first-order valence-electron chi connectivity index (χ1n) is 6.88. The molecule has 1 heterocycles. The van der Waals surface area contributed by atoms with E-state index >= 15 is 0 Å². The molecule has 0 bridgehead atoms. The second kappa shape index (κ2) is 6.25. The van der Waals surface area contributed by atoms with Gasteiger partial charge in [0.25, 0.3) is 0 Å². The van der Waals surface area contributed by atoms with Crippen LogP contribution < -0.4 is 0 Å². The van der Waals surface area contributed by atoms with Crippen LogP contribution in [0.2, 0.25) is 0 Å². The molecule has 2 aromatic rings. The Morgan fingerprint density at radius 3 is 2.63 bits per heavy atom. The predicted molar refractivity (Wildman–Crippen MR) is 86.8 cm³/mol. The highest BCUT2D eigenvalue weighted by molar-refractivity contribution is 7.99. The van der Waals surface area contributed by atoms with Crippen molar-refractivity contribution in [2.24, 2.45) is 0 Å². The quantitative estimate of drug-likeness (QED) is 0.681. The zero-order valence-corrected chi connectivity index (χ0v) is 13.8. The van der Waals surface area contributed by atoms with Crippen LogP contribution in [0.1, 0.15) is 40.5 Å². The van der Waals surface area contributed by atoms with E-state index in [1.54, 1.807) is 11.3 Å². The van der Waals surface area contributed by atoms with Crippen molar-refractivity contribution in [2.75, 3.05) is 6.54 Å². The number of rotatable bonds is 6. The molecule has 1 aromatic carbocycles. The molecule has 2 rings (SSSR count). The largest absolute Gasteiger partial charge is 0.239 e. The lowest BCUT2D eigenvalue weighted by atomic mass is 10.0. The van der Waals surface area contributed by atoms with Crippen LogP contribution in [0.15, 0.2) is 28.6 Å². The van der Waals surface area contributed by atoms with Gasteiger partial charge >= 0.3 is 0 Å². The number of aromatic nitrogens is 1. The monoisotopic (exact) mass is 294 g/mol. The minimum Gasteiger partial charge on any atom is -0.239 e. The third-order valence-corrected chi connectivity index (χ3v) is 5.88. The molecule has 0 aliphatic heterocycles. The van der Waals surface area contributed by atoms with Crippen LogP contribution in [0, 0.1) is 0 Å². The average molecular weight is 294 g/mol. The van der Waals surface area contributed by atoms with Gasteiger partial charge in [-0.3, -0.25) is 0 Å². The summed E-state index contributed by atoms with van der Waals surface area (Å²) in [4.78, 5) is 4.72. The van der Waals surface area contributed by atoms with Crippen molar-refractivity contribution in [3.8, 4) is 0 Å². The molecule has 0 radical (unpaired) electrons. The fraction of sp³-hybridized carbons (Fsp3) is 0.533. The Labute approximate surface area is 124 Å². The molecule has 0 saturated carbocycles. The number of benzene rings is 1. The molecule has 0 N–H and O–H groups in total. The standard InChI is InChI=1S/C15H22N2S2/c1-5-11-17(15(3,4)6-2)19-14-16-12-9-7-8-10-13(12)18-14/h7-10H,5-6,11H2,1-4H3. The van der Waals surface area contributed by atoms with E-state index in [1.165, 1.54) is 11.1 Å². The summed E-state index contributed by atoms with van der Waals surface area (Å²) in [6.45, 7) is 10.2. The number of thiazole rings is 1. The van der Waals surface area contributed by atoms with Gasteiger partial charge in [-0.2, -0.15) is 0 Å². The van der Waals surface area contributed by atoms with E-state index in [9.17, 15) is 0 Å². The third-order valence-electron chi connectivity index (χ3n) is 3.43. The van der Waals surface area contributed by atoms with Gasteiger partial charge in [-0.25, -0.2) is 9.29 Å². The van der Waals surface area contributed by atoms with Crippen LogP contribution in [0.4, 0.5) is 0 Å². The van der Waals surface area contributed by atoms with Crippen LogP contribution in [-0.4, -0.2) is 21.4 Å². The van der Waals surface area contributed by atoms with Crippen LogP contribution in [0.25, 0.3) is 10.2 Å². The number of fused-ring (bicyclic) bond motifs is 1. The first-order valence-corrected chi connectivity index (χ1v) is 8.47. The molecular formula is C15H22N2S2. The van der Waals surface area contributed by atoms with Gasteiger partial charge in [0.1, 0.15) is 0 Å². The second-order valence-electron chi connectivity index (χ2n) is 5.31. The summed E-state index contributed by atoms with van der Waals surface area (Å²) in [5.74, 6) is 0. The topological polar surface area (TPSA) is 16.1 Å². The fourth-order valence-corrected chi connectivity index (χ4v) is 4.20. The first kappa shape index (κ1) is 14.8. The van der Waals surface area contributed by atoms with E-state index in [0.29, 0.717) is 0 Å². The Bertz CT molecular complexity index is 501. The van der Waals surface area contributed by atoms with E-state index in [1.807, 2.05) is 11.9 Å².